The van der Waals surface area contributed by atoms with Gasteiger partial charge in [0.15, 0.2) is 0 Å². The summed E-state index contributed by atoms with van der Waals surface area (Å²) in [7, 11) is 1.86. The van der Waals surface area contributed by atoms with Crippen LogP contribution in [0.15, 0.2) is 24.3 Å². The van der Waals surface area contributed by atoms with E-state index < -0.39 is 9.05 Å². The summed E-state index contributed by atoms with van der Waals surface area (Å²) in [6.07, 6.45) is 12.9. The number of rotatable bonds is 15. The zero-order valence-corrected chi connectivity index (χ0v) is 18.6. The predicted octanol–water partition coefficient (Wildman–Crippen LogP) is 5.53. The zero-order chi connectivity index (χ0) is 21.1. The van der Waals surface area contributed by atoms with E-state index in [0.29, 0.717) is 24.1 Å². The molecule has 0 fully saturated rings. The van der Waals surface area contributed by atoms with E-state index in [9.17, 15) is 18.0 Å². The van der Waals surface area contributed by atoms with Gasteiger partial charge in [0, 0.05) is 17.2 Å². The van der Waals surface area contributed by atoms with Gasteiger partial charge in [0.1, 0.15) is 0 Å². The highest BCUT2D eigenvalue weighted by molar-refractivity contribution is 8.13. The van der Waals surface area contributed by atoms with Gasteiger partial charge in [-0.1, -0.05) is 76.3 Å². The minimum absolute atomic E-state index is 0.0849. The van der Waals surface area contributed by atoms with Gasteiger partial charge in [-0.2, -0.15) is 0 Å². The Morgan fingerprint density at radius 3 is 1.45 bits per heavy atom. The molecule has 0 saturated carbocycles. The lowest BCUT2D eigenvalue weighted by atomic mass is 10.1. The second kappa shape index (κ2) is 12.3. The van der Waals surface area contributed by atoms with E-state index in [1.54, 1.807) is 24.3 Å². The van der Waals surface area contributed by atoms with Crippen LogP contribution in [0.3, 0.4) is 0 Å². The molecule has 2 amide bonds. The topological polar surface area (TPSA) is 71.5 Å². The largest absolute Gasteiger partial charge is 0.274 e. The number of fused-ring (bicyclic) bond motifs is 1. The number of hydrogen-bond donors (Lipinski definition) is 0. The molecule has 162 valence electrons. The number of benzene rings is 1. The Hall–Kier alpha value is -1.40. The molecule has 0 unspecified atom stereocenters. The number of carbonyl (C=O) groups is 2. The third kappa shape index (κ3) is 8.47. The van der Waals surface area contributed by atoms with Crippen molar-refractivity contribution < 1.29 is 18.0 Å². The van der Waals surface area contributed by atoms with E-state index in [0.717, 1.165) is 38.5 Å². The molecule has 0 spiro atoms. The number of unbranched alkanes of at least 4 members (excludes halogenated alkanes) is 11. The maximum absolute atomic E-state index is 12.3. The third-order valence-electron chi connectivity index (χ3n) is 5.40. The second-order valence-electron chi connectivity index (χ2n) is 7.79. The van der Waals surface area contributed by atoms with Crippen molar-refractivity contribution in [2.24, 2.45) is 0 Å². The molecule has 2 rings (SSSR count). The molecule has 1 heterocycles. The number of hydrogen-bond acceptors (Lipinski definition) is 4. The fourth-order valence-corrected chi connectivity index (χ4v) is 4.63. The summed E-state index contributed by atoms with van der Waals surface area (Å²) < 4.78 is 21.6. The molecule has 0 bridgehead atoms. The van der Waals surface area contributed by atoms with Crippen LogP contribution in [0.1, 0.15) is 97.8 Å². The minimum Gasteiger partial charge on any atom is -0.274 e. The van der Waals surface area contributed by atoms with Crippen molar-refractivity contribution in [2.75, 3.05) is 12.3 Å². The van der Waals surface area contributed by atoms with Crippen molar-refractivity contribution in [3.05, 3.63) is 35.4 Å². The van der Waals surface area contributed by atoms with Crippen molar-refractivity contribution in [3.63, 3.8) is 0 Å². The van der Waals surface area contributed by atoms with E-state index in [1.165, 1.54) is 37.0 Å². The average molecular weight is 442 g/mol. The van der Waals surface area contributed by atoms with E-state index in [2.05, 4.69) is 0 Å². The van der Waals surface area contributed by atoms with Gasteiger partial charge in [0.25, 0.3) is 11.8 Å². The van der Waals surface area contributed by atoms with E-state index in [4.69, 9.17) is 10.7 Å². The Bertz CT molecular complexity index is 744. The van der Waals surface area contributed by atoms with Crippen LogP contribution in [0.25, 0.3) is 0 Å². The SMILES string of the molecule is O=C1c2ccccc2C(=O)N1CCCCCCCCCCCCCCS(=O)(=O)Cl. The lowest BCUT2D eigenvalue weighted by molar-refractivity contribution is 0.0651. The molecule has 1 aromatic carbocycles. The molecule has 29 heavy (non-hydrogen) atoms. The second-order valence-corrected chi connectivity index (χ2v) is 10.7. The first-order valence-electron chi connectivity index (χ1n) is 10.8. The summed E-state index contributed by atoms with van der Waals surface area (Å²) in [6.45, 7) is 0.511. The van der Waals surface area contributed by atoms with Crippen LogP contribution in [0, 0.1) is 0 Å². The molecule has 0 aliphatic carbocycles. The highest BCUT2D eigenvalue weighted by Gasteiger charge is 2.34. The maximum atomic E-state index is 12.3. The summed E-state index contributed by atoms with van der Waals surface area (Å²) in [6, 6.07) is 7.03. The van der Waals surface area contributed by atoms with Gasteiger partial charge in [-0.3, -0.25) is 14.5 Å². The summed E-state index contributed by atoms with van der Waals surface area (Å²) in [5, 5.41) is 0. The normalized spacial score (nSPS) is 13.9. The Morgan fingerprint density at radius 1 is 0.655 bits per heavy atom. The van der Waals surface area contributed by atoms with Crippen LogP contribution >= 0.6 is 10.7 Å². The fourth-order valence-electron chi connectivity index (χ4n) is 3.75. The monoisotopic (exact) mass is 441 g/mol. The van der Waals surface area contributed by atoms with Gasteiger partial charge in [-0.15, -0.1) is 0 Å². The first-order chi connectivity index (χ1) is 13.9. The van der Waals surface area contributed by atoms with Crippen molar-refractivity contribution >= 4 is 31.5 Å². The first-order valence-corrected chi connectivity index (χ1v) is 13.3. The summed E-state index contributed by atoms with van der Waals surface area (Å²) >= 11 is 0. The first kappa shape index (κ1) is 23.9. The standard InChI is InChI=1S/C22H32ClNO4S/c23-29(27,28)18-14-10-8-6-4-2-1-3-5-7-9-13-17-24-21(25)19-15-11-12-16-20(19)22(24)26/h11-12,15-16H,1-10,13-14,17-18H2. The van der Waals surface area contributed by atoms with E-state index in [-0.39, 0.29) is 17.6 Å². The minimum atomic E-state index is -3.33. The number of halogens is 1. The van der Waals surface area contributed by atoms with E-state index >= 15 is 0 Å². The van der Waals surface area contributed by atoms with Crippen molar-refractivity contribution in [3.8, 4) is 0 Å². The number of amides is 2. The van der Waals surface area contributed by atoms with Crippen molar-refractivity contribution in [1.82, 2.24) is 4.90 Å². The summed E-state index contributed by atoms with van der Waals surface area (Å²) in [5.74, 6) is -0.230. The van der Waals surface area contributed by atoms with Gasteiger partial charge >= 0.3 is 0 Å². The zero-order valence-electron chi connectivity index (χ0n) is 17.1. The molecule has 1 aliphatic heterocycles. The average Bonchev–Trinajstić information content (AvgIpc) is 2.92. The van der Waals surface area contributed by atoms with Crippen LogP contribution in [-0.4, -0.2) is 37.4 Å². The molecule has 0 atom stereocenters. The molecular weight excluding hydrogens is 410 g/mol. The van der Waals surface area contributed by atoms with Crippen LogP contribution < -0.4 is 0 Å². The third-order valence-corrected chi connectivity index (χ3v) is 6.64. The molecule has 1 aliphatic rings. The number of nitrogens with zero attached hydrogens (tertiary/aromatic N) is 1. The molecule has 0 aromatic heterocycles. The molecule has 5 nitrogen and oxygen atoms in total. The van der Waals surface area contributed by atoms with Gasteiger partial charge in [-0.05, 0) is 25.0 Å². The number of carbonyl (C=O) groups excluding carboxylic acids is 2. The van der Waals surface area contributed by atoms with Gasteiger partial charge in [-0.25, -0.2) is 8.42 Å². The van der Waals surface area contributed by atoms with E-state index in [1.807, 2.05) is 0 Å². The van der Waals surface area contributed by atoms with Crippen molar-refractivity contribution in [2.45, 2.75) is 77.0 Å². The molecule has 0 saturated heterocycles. The van der Waals surface area contributed by atoms with Gasteiger partial charge < -0.3 is 0 Å². The van der Waals surface area contributed by atoms with Gasteiger partial charge in [0.2, 0.25) is 9.05 Å². The fraction of sp³-hybridized carbons (Fsp3) is 0.636. The smallest absolute Gasteiger partial charge is 0.261 e. The summed E-state index contributed by atoms with van der Waals surface area (Å²) in [5.41, 5.74) is 1.06. The van der Waals surface area contributed by atoms with Crippen molar-refractivity contribution in [1.29, 1.82) is 0 Å². The maximum Gasteiger partial charge on any atom is 0.261 e. The molecule has 0 radical (unpaired) electrons. The highest BCUT2D eigenvalue weighted by Crippen LogP contribution is 2.23. The Morgan fingerprint density at radius 2 is 1.03 bits per heavy atom. The van der Waals surface area contributed by atoms with Crippen LogP contribution in [-0.2, 0) is 9.05 Å². The molecular formula is C22H32ClNO4S. The Labute approximate surface area is 179 Å². The lowest BCUT2D eigenvalue weighted by Crippen LogP contribution is -2.30. The quantitative estimate of drug-likeness (QED) is 0.204. The molecule has 7 heteroatoms. The Balaban J connectivity index is 1.41. The highest BCUT2D eigenvalue weighted by atomic mass is 35.7. The van der Waals surface area contributed by atoms with Crippen LogP contribution in [0.4, 0.5) is 0 Å². The van der Waals surface area contributed by atoms with Gasteiger partial charge in [0.05, 0.1) is 16.9 Å². The number of imide groups is 1. The lowest BCUT2D eigenvalue weighted by Gasteiger charge is -2.13. The molecule has 0 N–H and O–H groups in total. The van der Waals surface area contributed by atoms with Crippen LogP contribution in [0.5, 0.6) is 0 Å². The molecule has 1 aromatic rings. The predicted molar refractivity (Wildman–Crippen MR) is 117 cm³/mol. The summed E-state index contributed by atoms with van der Waals surface area (Å²) in [4.78, 5) is 25.9. The Kier molecular flexibility index (Phi) is 10.2. The van der Waals surface area contributed by atoms with Crippen LogP contribution in [0.2, 0.25) is 0 Å².